The van der Waals surface area contributed by atoms with Crippen molar-refractivity contribution in [3.63, 3.8) is 0 Å². The first-order chi connectivity index (χ1) is 15.0. The van der Waals surface area contributed by atoms with E-state index in [4.69, 9.17) is 14.8 Å². The van der Waals surface area contributed by atoms with Crippen molar-refractivity contribution in [3.05, 3.63) is 81.5 Å². The molecule has 0 bridgehead atoms. The van der Waals surface area contributed by atoms with E-state index in [9.17, 15) is 4.79 Å². The first-order valence-electron chi connectivity index (χ1n) is 10.2. The van der Waals surface area contributed by atoms with Gasteiger partial charge in [0.1, 0.15) is 4.83 Å². The average molecular weight is 429 g/mol. The molecule has 0 saturated heterocycles. The quantitative estimate of drug-likeness (QED) is 0.412. The van der Waals surface area contributed by atoms with Gasteiger partial charge in [0.15, 0.2) is 5.82 Å². The zero-order valence-corrected chi connectivity index (χ0v) is 18.0. The number of benzene rings is 2. The Bertz CT molecular complexity index is 1500. The Morgan fingerprint density at radius 3 is 2.48 bits per heavy atom. The zero-order chi connectivity index (χ0) is 21.2. The van der Waals surface area contributed by atoms with Crippen LogP contribution in [0.25, 0.3) is 33.1 Å². The summed E-state index contributed by atoms with van der Waals surface area (Å²) in [6.07, 6.45) is 0.691. The lowest BCUT2D eigenvalue weighted by molar-refractivity contribution is -0.0379. The third kappa shape index (κ3) is 2.85. The predicted octanol–water partition coefficient (Wildman–Crippen LogP) is 4.61. The first-order valence-corrected chi connectivity index (χ1v) is 11.0. The van der Waals surface area contributed by atoms with E-state index in [1.54, 1.807) is 11.3 Å². The van der Waals surface area contributed by atoms with E-state index in [2.05, 4.69) is 13.8 Å². The maximum atomic E-state index is 13.7. The van der Waals surface area contributed by atoms with Gasteiger partial charge in [-0.25, -0.2) is 4.98 Å². The van der Waals surface area contributed by atoms with E-state index in [1.807, 2.05) is 65.2 Å². The van der Waals surface area contributed by atoms with Crippen LogP contribution in [0.1, 0.15) is 24.3 Å². The van der Waals surface area contributed by atoms with Crippen LogP contribution in [0.2, 0.25) is 0 Å². The molecule has 2 aromatic carbocycles. The van der Waals surface area contributed by atoms with Crippen molar-refractivity contribution >= 4 is 27.3 Å². The van der Waals surface area contributed by atoms with E-state index in [0.717, 1.165) is 26.5 Å². The number of para-hydroxylation sites is 1. The molecule has 0 fully saturated rings. The summed E-state index contributed by atoms with van der Waals surface area (Å²) in [4.78, 5) is 20.4. The summed E-state index contributed by atoms with van der Waals surface area (Å²) in [6.45, 7) is 4.63. The van der Waals surface area contributed by atoms with E-state index in [1.165, 1.54) is 4.52 Å². The number of rotatable bonds is 2. The number of thiophene rings is 1. The van der Waals surface area contributed by atoms with Crippen LogP contribution in [0.3, 0.4) is 0 Å². The van der Waals surface area contributed by atoms with Crippen LogP contribution in [0.5, 0.6) is 0 Å². The third-order valence-electron chi connectivity index (χ3n) is 5.72. The molecule has 0 aliphatic carbocycles. The maximum absolute atomic E-state index is 13.7. The normalized spacial score (nSPS) is 15.4. The van der Waals surface area contributed by atoms with Gasteiger partial charge in [-0.2, -0.15) is 4.52 Å². The molecule has 0 spiro atoms. The van der Waals surface area contributed by atoms with Gasteiger partial charge in [0.2, 0.25) is 5.78 Å². The molecule has 1 aliphatic heterocycles. The first kappa shape index (κ1) is 18.5. The Morgan fingerprint density at radius 1 is 1.03 bits per heavy atom. The lowest BCUT2D eigenvalue weighted by Gasteiger charge is -2.29. The van der Waals surface area contributed by atoms with E-state index in [0.29, 0.717) is 30.0 Å². The van der Waals surface area contributed by atoms with Crippen LogP contribution >= 0.6 is 11.3 Å². The highest BCUT2D eigenvalue weighted by Crippen LogP contribution is 2.37. The highest BCUT2D eigenvalue weighted by atomic mass is 32.1. The average Bonchev–Trinajstić information content (AvgIpc) is 3.33. The van der Waals surface area contributed by atoms with Crippen LogP contribution in [0.4, 0.5) is 0 Å². The Balaban J connectivity index is 1.71. The van der Waals surface area contributed by atoms with Crippen molar-refractivity contribution in [1.29, 1.82) is 0 Å². The van der Waals surface area contributed by atoms with Crippen molar-refractivity contribution in [2.24, 2.45) is 0 Å². The van der Waals surface area contributed by atoms with Crippen LogP contribution < -0.4 is 5.56 Å². The number of fused-ring (bicyclic) bond motifs is 4. The van der Waals surface area contributed by atoms with E-state index >= 15 is 0 Å². The molecule has 0 atom stereocenters. The largest absolute Gasteiger partial charge is 0.370 e. The Kier molecular flexibility index (Phi) is 3.94. The van der Waals surface area contributed by atoms with Crippen LogP contribution in [-0.2, 0) is 17.8 Å². The number of hydrogen-bond acceptors (Lipinski definition) is 5. The Labute approximate surface area is 182 Å². The third-order valence-corrected chi connectivity index (χ3v) is 6.82. The second-order valence-corrected chi connectivity index (χ2v) is 9.48. The molecule has 0 radical (unpaired) electrons. The molecule has 154 valence electrons. The Hall–Kier alpha value is -3.29. The fourth-order valence-electron chi connectivity index (χ4n) is 4.23. The minimum absolute atomic E-state index is 0.123. The minimum Gasteiger partial charge on any atom is -0.370 e. The molecule has 0 unspecified atom stereocenters. The topological polar surface area (TPSA) is 61.4 Å². The predicted molar refractivity (Wildman–Crippen MR) is 122 cm³/mol. The molecule has 7 heteroatoms. The molecule has 0 N–H and O–H groups in total. The SMILES string of the molecule is CC1(C)Cc2c(sc3nc4n(-c5ccccc5)c(-c5ccccc5)nn4c(=O)c23)CO1. The van der Waals surface area contributed by atoms with Crippen molar-refractivity contribution in [3.8, 4) is 17.1 Å². The summed E-state index contributed by atoms with van der Waals surface area (Å²) < 4.78 is 9.37. The lowest BCUT2D eigenvalue weighted by atomic mass is 9.94. The van der Waals surface area contributed by atoms with Crippen LogP contribution in [0.15, 0.2) is 65.5 Å². The molecule has 1 aliphatic rings. The van der Waals surface area contributed by atoms with Crippen molar-refractivity contribution in [2.75, 3.05) is 0 Å². The molecule has 6 nitrogen and oxygen atoms in total. The molecule has 0 amide bonds. The Morgan fingerprint density at radius 2 is 1.74 bits per heavy atom. The molecule has 4 heterocycles. The van der Waals surface area contributed by atoms with Crippen molar-refractivity contribution < 1.29 is 4.74 Å². The summed E-state index contributed by atoms with van der Waals surface area (Å²) >= 11 is 1.55. The zero-order valence-electron chi connectivity index (χ0n) is 17.2. The van der Waals surface area contributed by atoms with Gasteiger partial charge in [0, 0.05) is 16.9 Å². The molecule has 31 heavy (non-hydrogen) atoms. The maximum Gasteiger partial charge on any atom is 0.284 e. The lowest BCUT2D eigenvalue weighted by Crippen LogP contribution is -2.31. The highest BCUT2D eigenvalue weighted by Gasteiger charge is 2.31. The van der Waals surface area contributed by atoms with Crippen LogP contribution in [0, 0.1) is 0 Å². The molecular formula is C24H20N4O2S. The van der Waals surface area contributed by atoms with Gasteiger partial charge in [-0.15, -0.1) is 16.4 Å². The summed E-state index contributed by atoms with van der Waals surface area (Å²) in [6, 6.07) is 19.8. The summed E-state index contributed by atoms with van der Waals surface area (Å²) in [7, 11) is 0. The second-order valence-electron chi connectivity index (χ2n) is 8.40. The van der Waals surface area contributed by atoms with Gasteiger partial charge < -0.3 is 4.74 Å². The minimum atomic E-state index is -0.300. The van der Waals surface area contributed by atoms with E-state index < -0.39 is 0 Å². The summed E-state index contributed by atoms with van der Waals surface area (Å²) in [5.74, 6) is 1.20. The summed E-state index contributed by atoms with van der Waals surface area (Å²) in [5.41, 5.74) is 2.47. The monoisotopic (exact) mass is 428 g/mol. The standard InChI is InChI=1S/C24H20N4O2S/c1-24(2)13-17-18(14-30-24)31-21-19(17)22(29)28-23(25-21)27(16-11-7-4-8-12-16)20(26-28)15-9-5-3-6-10-15/h3-12H,13-14H2,1-2H3. The van der Waals surface area contributed by atoms with Gasteiger partial charge in [0.05, 0.1) is 23.3 Å². The number of ether oxygens (including phenoxy) is 1. The molecule has 5 aromatic rings. The smallest absolute Gasteiger partial charge is 0.284 e. The van der Waals surface area contributed by atoms with Crippen LogP contribution in [-0.4, -0.2) is 24.8 Å². The van der Waals surface area contributed by atoms with Gasteiger partial charge in [0.25, 0.3) is 5.56 Å². The fourth-order valence-corrected chi connectivity index (χ4v) is 5.32. The van der Waals surface area contributed by atoms with Gasteiger partial charge in [-0.05, 0) is 31.5 Å². The molecule has 3 aromatic heterocycles. The fraction of sp³-hybridized carbons (Fsp3) is 0.208. The molecular weight excluding hydrogens is 408 g/mol. The van der Waals surface area contributed by atoms with Gasteiger partial charge in [-0.3, -0.25) is 9.36 Å². The van der Waals surface area contributed by atoms with Gasteiger partial charge >= 0.3 is 0 Å². The number of aromatic nitrogens is 4. The molecule has 6 rings (SSSR count). The van der Waals surface area contributed by atoms with Crippen molar-refractivity contribution in [2.45, 2.75) is 32.5 Å². The highest BCUT2D eigenvalue weighted by molar-refractivity contribution is 7.18. The molecule has 0 saturated carbocycles. The number of hydrogen-bond donors (Lipinski definition) is 0. The second kappa shape index (κ2) is 6.60. The van der Waals surface area contributed by atoms with Gasteiger partial charge in [-0.1, -0.05) is 48.5 Å². The van der Waals surface area contributed by atoms with Crippen molar-refractivity contribution in [1.82, 2.24) is 19.2 Å². The summed E-state index contributed by atoms with van der Waals surface area (Å²) in [5, 5.41) is 5.42. The van der Waals surface area contributed by atoms with E-state index in [-0.39, 0.29) is 11.2 Å². The number of nitrogens with zero attached hydrogens (tertiary/aromatic N) is 4.